The molecule has 1 aromatic carbocycles. The Labute approximate surface area is 110 Å². The van der Waals surface area contributed by atoms with Gasteiger partial charge in [-0.3, -0.25) is 4.79 Å². The molecular weight excluding hydrogens is 245 g/mol. The molecule has 4 heteroatoms. The average Bonchev–Trinajstić information content (AvgIpc) is 2.38. The minimum absolute atomic E-state index is 0.0763. The van der Waals surface area contributed by atoms with Gasteiger partial charge in [-0.15, -0.1) is 0 Å². The van der Waals surface area contributed by atoms with Gasteiger partial charge in [0, 0.05) is 23.1 Å². The molecule has 3 nitrogen and oxygen atoms in total. The number of H-pyrrole nitrogens is 1. The summed E-state index contributed by atoms with van der Waals surface area (Å²) in [5, 5.41) is 0.800. The summed E-state index contributed by atoms with van der Waals surface area (Å²) in [5.41, 5.74) is 1.37. The van der Waals surface area contributed by atoms with E-state index in [1.165, 1.54) is 6.07 Å². The normalized spacial score (nSPS) is 18.8. The molecule has 1 unspecified atom stereocenters. The van der Waals surface area contributed by atoms with E-state index < -0.39 is 0 Å². The van der Waals surface area contributed by atoms with Gasteiger partial charge < -0.3 is 9.72 Å². The van der Waals surface area contributed by atoms with Gasteiger partial charge in [-0.2, -0.15) is 0 Å². The molecule has 0 bridgehead atoms. The quantitative estimate of drug-likeness (QED) is 0.857. The maximum Gasteiger partial charge on any atom is 0.256 e. The SMILES string of the molecule is CC(C)C1Cc2[nH]c(=O)c3cccc(F)c3c2CO1. The van der Waals surface area contributed by atoms with Crippen LogP contribution in [0.25, 0.3) is 10.8 Å². The number of aromatic nitrogens is 1. The van der Waals surface area contributed by atoms with Crippen LogP contribution in [0.15, 0.2) is 23.0 Å². The maximum absolute atomic E-state index is 14.0. The summed E-state index contributed by atoms with van der Waals surface area (Å²) < 4.78 is 19.8. The molecule has 100 valence electrons. The van der Waals surface area contributed by atoms with Crippen LogP contribution in [0, 0.1) is 11.7 Å². The molecule has 0 amide bonds. The minimum Gasteiger partial charge on any atom is -0.373 e. The highest BCUT2D eigenvalue weighted by molar-refractivity contribution is 5.86. The van der Waals surface area contributed by atoms with Crippen molar-refractivity contribution in [3.63, 3.8) is 0 Å². The van der Waals surface area contributed by atoms with Crippen molar-refractivity contribution in [2.75, 3.05) is 0 Å². The van der Waals surface area contributed by atoms with Crippen LogP contribution >= 0.6 is 0 Å². The van der Waals surface area contributed by atoms with E-state index in [1.54, 1.807) is 12.1 Å². The molecule has 1 aliphatic rings. The van der Waals surface area contributed by atoms with Gasteiger partial charge in [0.2, 0.25) is 0 Å². The van der Waals surface area contributed by atoms with E-state index in [1.807, 2.05) is 0 Å². The lowest BCUT2D eigenvalue weighted by atomic mass is 9.94. The third-order valence-corrected chi connectivity index (χ3v) is 3.78. The number of ether oxygens (including phenoxy) is 1. The Kier molecular flexibility index (Phi) is 2.90. The van der Waals surface area contributed by atoms with Gasteiger partial charge in [-0.25, -0.2) is 4.39 Å². The van der Waals surface area contributed by atoms with Crippen LogP contribution in [-0.2, 0) is 17.8 Å². The molecule has 0 radical (unpaired) electrons. The molecule has 0 fully saturated rings. The van der Waals surface area contributed by atoms with Crippen LogP contribution in [0.4, 0.5) is 4.39 Å². The molecular formula is C15H16FNO2. The van der Waals surface area contributed by atoms with Gasteiger partial charge in [0.15, 0.2) is 0 Å². The molecule has 19 heavy (non-hydrogen) atoms. The Morgan fingerprint density at radius 3 is 2.95 bits per heavy atom. The first-order valence-corrected chi connectivity index (χ1v) is 6.51. The van der Waals surface area contributed by atoms with Crippen LogP contribution < -0.4 is 5.56 Å². The molecule has 0 aliphatic carbocycles. The number of hydrogen-bond acceptors (Lipinski definition) is 2. The molecule has 0 spiro atoms. The lowest BCUT2D eigenvalue weighted by molar-refractivity contribution is -0.000897. The summed E-state index contributed by atoms with van der Waals surface area (Å²) in [6, 6.07) is 4.59. The number of aromatic amines is 1. The Bertz CT molecular complexity index is 690. The fourth-order valence-electron chi connectivity index (χ4n) is 2.66. The molecule has 0 saturated heterocycles. The zero-order valence-electron chi connectivity index (χ0n) is 11.0. The van der Waals surface area contributed by atoms with E-state index in [0.717, 1.165) is 11.3 Å². The first kappa shape index (κ1) is 12.4. The first-order chi connectivity index (χ1) is 9.08. The van der Waals surface area contributed by atoms with E-state index >= 15 is 0 Å². The minimum atomic E-state index is -0.355. The Morgan fingerprint density at radius 1 is 1.42 bits per heavy atom. The second-order valence-electron chi connectivity index (χ2n) is 5.37. The third kappa shape index (κ3) is 1.96. The largest absolute Gasteiger partial charge is 0.373 e. The van der Waals surface area contributed by atoms with Crippen molar-refractivity contribution in [2.24, 2.45) is 5.92 Å². The van der Waals surface area contributed by atoms with Crippen LogP contribution in [0.1, 0.15) is 25.1 Å². The first-order valence-electron chi connectivity index (χ1n) is 6.51. The van der Waals surface area contributed by atoms with Crippen LogP contribution in [0.5, 0.6) is 0 Å². The lowest BCUT2D eigenvalue weighted by Crippen LogP contribution is -2.30. The molecule has 1 aliphatic heterocycles. The summed E-state index contributed by atoms with van der Waals surface area (Å²) >= 11 is 0. The molecule has 1 aromatic heterocycles. The number of nitrogens with one attached hydrogen (secondary N) is 1. The summed E-state index contributed by atoms with van der Waals surface area (Å²) in [5.74, 6) is 0.0133. The molecule has 1 atom stereocenters. The van der Waals surface area contributed by atoms with Gasteiger partial charge in [0.05, 0.1) is 18.1 Å². The lowest BCUT2D eigenvalue weighted by Gasteiger charge is -2.28. The van der Waals surface area contributed by atoms with E-state index in [4.69, 9.17) is 4.74 Å². The zero-order valence-corrected chi connectivity index (χ0v) is 11.0. The van der Waals surface area contributed by atoms with Gasteiger partial charge >= 0.3 is 0 Å². The summed E-state index contributed by atoms with van der Waals surface area (Å²) in [6.45, 7) is 4.51. The molecule has 3 rings (SSSR count). The molecule has 2 aromatic rings. The van der Waals surface area contributed by atoms with Crippen LogP contribution in [-0.4, -0.2) is 11.1 Å². The van der Waals surface area contributed by atoms with Gasteiger partial charge in [0.25, 0.3) is 5.56 Å². The number of benzene rings is 1. The average molecular weight is 261 g/mol. The van der Waals surface area contributed by atoms with Crippen molar-refractivity contribution in [2.45, 2.75) is 33.0 Å². The number of fused-ring (bicyclic) bond motifs is 3. The van der Waals surface area contributed by atoms with Crippen molar-refractivity contribution < 1.29 is 9.13 Å². The Hall–Kier alpha value is -1.68. The zero-order chi connectivity index (χ0) is 13.6. The van der Waals surface area contributed by atoms with E-state index in [9.17, 15) is 9.18 Å². The summed E-state index contributed by atoms with van der Waals surface area (Å²) in [6.07, 6.45) is 0.708. The second-order valence-corrected chi connectivity index (χ2v) is 5.37. The standard InChI is InChI=1S/C15H16FNO2/c1-8(2)13-6-12-10(7-19-13)14-9(15(18)17-12)4-3-5-11(14)16/h3-5,8,13H,6-7H2,1-2H3,(H,17,18). The Balaban J connectivity index is 2.24. The molecule has 1 N–H and O–H groups in total. The van der Waals surface area contributed by atoms with E-state index in [2.05, 4.69) is 18.8 Å². The predicted molar refractivity (Wildman–Crippen MR) is 71.6 cm³/mol. The van der Waals surface area contributed by atoms with Crippen molar-refractivity contribution in [1.82, 2.24) is 4.98 Å². The molecule has 0 saturated carbocycles. The fourth-order valence-corrected chi connectivity index (χ4v) is 2.66. The van der Waals surface area contributed by atoms with Crippen molar-refractivity contribution in [1.29, 1.82) is 0 Å². The Morgan fingerprint density at radius 2 is 2.21 bits per heavy atom. The van der Waals surface area contributed by atoms with E-state index in [-0.39, 0.29) is 17.5 Å². The monoisotopic (exact) mass is 261 g/mol. The topological polar surface area (TPSA) is 42.1 Å². The van der Waals surface area contributed by atoms with Crippen LogP contribution in [0.2, 0.25) is 0 Å². The van der Waals surface area contributed by atoms with Gasteiger partial charge in [-0.1, -0.05) is 19.9 Å². The third-order valence-electron chi connectivity index (χ3n) is 3.78. The van der Waals surface area contributed by atoms with Crippen molar-refractivity contribution in [3.8, 4) is 0 Å². The number of rotatable bonds is 1. The summed E-state index contributed by atoms with van der Waals surface area (Å²) in [7, 11) is 0. The van der Waals surface area contributed by atoms with Crippen molar-refractivity contribution >= 4 is 10.8 Å². The van der Waals surface area contributed by atoms with Crippen molar-refractivity contribution in [3.05, 3.63) is 45.6 Å². The smallest absolute Gasteiger partial charge is 0.256 e. The highest BCUT2D eigenvalue weighted by atomic mass is 19.1. The van der Waals surface area contributed by atoms with E-state index in [0.29, 0.717) is 29.7 Å². The predicted octanol–water partition coefficient (Wildman–Crippen LogP) is 2.76. The number of hydrogen-bond donors (Lipinski definition) is 1. The highest BCUT2D eigenvalue weighted by Gasteiger charge is 2.25. The van der Waals surface area contributed by atoms with Gasteiger partial charge in [-0.05, 0) is 18.1 Å². The number of pyridine rings is 1. The molecule has 2 heterocycles. The highest BCUT2D eigenvalue weighted by Crippen LogP contribution is 2.28. The second kappa shape index (κ2) is 4.46. The van der Waals surface area contributed by atoms with Crippen LogP contribution in [0.3, 0.4) is 0 Å². The fraction of sp³-hybridized carbons (Fsp3) is 0.400. The maximum atomic E-state index is 14.0. The van der Waals surface area contributed by atoms with Gasteiger partial charge in [0.1, 0.15) is 5.82 Å². The number of halogens is 1. The summed E-state index contributed by atoms with van der Waals surface area (Å²) in [4.78, 5) is 14.9.